The van der Waals surface area contributed by atoms with Crippen molar-refractivity contribution in [3.8, 4) is 0 Å². The first-order valence-electron chi connectivity index (χ1n) is 8.23. The van der Waals surface area contributed by atoms with E-state index in [1.165, 1.54) is 16.7 Å². The molecule has 5 nitrogen and oxygen atoms in total. The van der Waals surface area contributed by atoms with E-state index in [0.717, 1.165) is 16.9 Å². The van der Waals surface area contributed by atoms with Crippen LogP contribution in [0.1, 0.15) is 33.9 Å². The van der Waals surface area contributed by atoms with E-state index < -0.39 is 0 Å². The number of imidazole rings is 1. The Morgan fingerprint density at radius 3 is 2.68 bits per heavy atom. The summed E-state index contributed by atoms with van der Waals surface area (Å²) in [5.41, 5.74) is 6.60. The zero-order valence-electron chi connectivity index (χ0n) is 14.6. The quantitative estimate of drug-likeness (QED) is 0.676. The molecule has 25 heavy (non-hydrogen) atoms. The number of H-pyrrole nitrogens is 1. The largest absolute Gasteiger partial charge is 0.348 e. The lowest BCUT2D eigenvalue weighted by Gasteiger charge is -2.21. The van der Waals surface area contributed by atoms with Crippen LogP contribution in [0.2, 0.25) is 0 Å². The van der Waals surface area contributed by atoms with Crippen LogP contribution < -0.4 is 10.6 Å². The number of aromatic amines is 1. The average molecular weight is 334 g/mol. The van der Waals surface area contributed by atoms with Gasteiger partial charge >= 0.3 is 6.03 Å². The van der Waals surface area contributed by atoms with Crippen LogP contribution in [-0.2, 0) is 0 Å². The third kappa shape index (κ3) is 3.55. The minimum absolute atomic E-state index is 0.0221. The van der Waals surface area contributed by atoms with Crippen molar-refractivity contribution in [1.29, 1.82) is 0 Å². The molecule has 0 saturated heterocycles. The van der Waals surface area contributed by atoms with Crippen molar-refractivity contribution in [1.82, 2.24) is 15.3 Å². The van der Waals surface area contributed by atoms with E-state index in [2.05, 4.69) is 58.7 Å². The normalized spacial score (nSPS) is 11.8. The molecule has 3 rings (SSSR count). The third-order valence-corrected chi connectivity index (χ3v) is 4.49. The van der Waals surface area contributed by atoms with Crippen LogP contribution in [0.3, 0.4) is 0 Å². The predicted octanol–water partition coefficient (Wildman–Crippen LogP) is 3.96. The second kappa shape index (κ2) is 7.21. The number of urea groups is 1. The van der Waals surface area contributed by atoms with E-state index in [1.54, 1.807) is 13.4 Å². The van der Waals surface area contributed by atoms with E-state index in [-0.39, 0.29) is 11.9 Å². The molecule has 1 atom stereocenters. The van der Waals surface area contributed by atoms with Crippen molar-refractivity contribution in [2.24, 2.45) is 0 Å². The summed E-state index contributed by atoms with van der Waals surface area (Å²) in [6.45, 7) is 4.26. The van der Waals surface area contributed by atoms with E-state index in [4.69, 9.17) is 0 Å². The van der Waals surface area contributed by atoms with E-state index in [9.17, 15) is 4.79 Å². The summed E-state index contributed by atoms with van der Waals surface area (Å²) in [5.74, 6) is 0.0221. The summed E-state index contributed by atoms with van der Waals surface area (Å²) >= 11 is 0. The van der Waals surface area contributed by atoms with E-state index >= 15 is 0 Å². The summed E-state index contributed by atoms with van der Waals surface area (Å²) in [5, 5.41) is 5.41. The van der Waals surface area contributed by atoms with Crippen LogP contribution in [0.25, 0.3) is 0 Å². The van der Waals surface area contributed by atoms with Gasteiger partial charge < -0.3 is 15.6 Å². The molecular formula is C20H22N4O. The molecule has 0 aliphatic heterocycles. The van der Waals surface area contributed by atoms with Gasteiger partial charge in [0.1, 0.15) is 0 Å². The number of hydrogen-bond acceptors (Lipinski definition) is 2. The van der Waals surface area contributed by atoms with Gasteiger partial charge in [0.2, 0.25) is 0 Å². The molecule has 0 fully saturated rings. The summed E-state index contributed by atoms with van der Waals surface area (Å²) in [7, 11) is 1.60. The second-order valence-electron chi connectivity index (χ2n) is 6.06. The van der Waals surface area contributed by atoms with Gasteiger partial charge in [-0.3, -0.25) is 0 Å². The lowest BCUT2D eigenvalue weighted by atomic mass is 9.85. The lowest BCUT2D eigenvalue weighted by Crippen LogP contribution is -2.24. The lowest BCUT2D eigenvalue weighted by molar-refractivity contribution is 0.254. The Balaban J connectivity index is 2.09. The summed E-state index contributed by atoms with van der Waals surface area (Å²) in [4.78, 5) is 19.1. The Labute approximate surface area is 147 Å². The average Bonchev–Trinajstić information content (AvgIpc) is 3.13. The fraction of sp³-hybridized carbons (Fsp3) is 0.200. The zero-order chi connectivity index (χ0) is 17.8. The summed E-state index contributed by atoms with van der Waals surface area (Å²) < 4.78 is 0. The molecule has 0 spiro atoms. The van der Waals surface area contributed by atoms with Crippen LogP contribution in [0, 0.1) is 13.8 Å². The number of amides is 2. The van der Waals surface area contributed by atoms with Gasteiger partial charge in [-0.05, 0) is 48.2 Å². The molecule has 2 aromatic carbocycles. The van der Waals surface area contributed by atoms with Gasteiger partial charge in [-0.25, -0.2) is 9.78 Å². The molecule has 1 aromatic heterocycles. The van der Waals surface area contributed by atoms with Crippen molar-refractivity contribution in [2.75, 3.05) is 12.4 Å². The maximum absolute atomic E-state index is 11.6. The molecule has 3 N–H and O–H groups in total. The number of carbonyl (C=O) groups excluding carboxylic acids is 1. The first kappa shape index (κ1) is 16.8. The number of anilines is 1. The maximum Gasteiger partial charge on any atom is 0.318 e. The highest BCUT2D eigenvalue weighted by atomic mass is 16.2. The summed E-state index contributed by atoms with van der Waals surface area (Å²) in [6, 6.07) is 14.0. The molecule has 3 aromatic rings. The Bertz CT molecular complexity index is 871. The first-order valence-corrected chi connectivity index (χ1v) is 8.23. The highest BCUT2D eigenvalue weighted by molar-refractivity contribution is 5.89. The number of carbonyl (C=O) groups is 1. The van der Waals surface area contributed by atoms with E-state index in [1.807, 2.05) is 24.4 Å². The molecule has 0 saturated carbocycles. The highest BCUT2D eigenvalue weighted by Crippen LogP contribution is 2.34. The standard InChI is InChI=1S/C20H22N4O/c1-13-6-4-9-17(14(13)2)19(18-11-22-12-23-18)15-7-5-8-16(10-15)24-20(25)21-3/h4-12,19H,1-3H3,(H,22,23)(H2,21,24,25). The number of rotatable bonds is 4. The number of hydrogen-bond donors (Lipinski definition) is 3. The van der Waals surface area contributed by atoms with Crippen molar-refractivity contribution in [3.05, 3.63) is 82.9 Å². The molecule has 1 heterocycles. The molecule has 2 amide bonds. The Hall–Kier alpha value is -3.08. The van der Waals surface area contributed by atoms with Gasteiger partial charge in [-0.15, -0.1) is 0 Å². The van der Waals surface area contributed by atoms with Crippen molar-refractivity contribution < 1.29 is 4.79 Å². The third-order valence-electron chi connectivity index (χ3n) is 4.49. The van der Waals surface area contributed by atoms with Crippen LogP contribution >= 0.6 is 0 Å². The van der Waals surface area contributed by atoms with Gasteiger partial charge in [-0.1, -0.05) is 30.3 Å². The predicted molar refractivity (Wildman–Crippen MR) is 100.0 cm³/mol. The second-order valence-corrected chi connectivity index (χ2v) is 6.06. The molecule has 128 valence electrons. The van der Waals surface area contributed by atoms with Gasteiger partial charge in [0, 0.05) is 24.6 Å². The van der Waals surface area contributed by atoms with Gasteiger partial charge in [-0.2, -0.15) is 0 Å². The maximum atomic E-state index is 11.6. The molecule has 1 unspecified atom stereocenters. The smallest absolute Gasteiger partial charge is 0.318 e. The number of nitrogens with one attached hydrogen (secondary N) is 3. The molecular weight excluding hydrogens is 312 g/mol. The van der Waals surface area contributed by atoms with Crippen molar-refractivity contribution in [2.45, 2.75) is 19.8 Å². The van der Waals surface area contributed by atoms with Crippen LogP contribution in [0.15, 0.2) is 55.0 Å². The minimum atomic E-state index is -0.234. The molecule has 0 radical (unpaired) electrons. The number of aromatic nitrogens is 2. The first-order chi connectivity index (χ1) is 12.1. The fourth-order valence-electron chi connectivity index (χ4n) is 3.03. The molecule has 0 aliphatic carbocycles. The Morgan fingerprint density at radius 1 is 1.16 bits per heavy atom. The summed E-state index contributed by atoms with van der Waals surface area (Å²) in [6.07, 6.45) is 3.55. The molecule has 0 bridgehead atoms. The number of benzene rings is 2. The monoisotopic (exact) mass is 334 g/mol. The molecule has 0 aliphatic rings. The zero-order valence-corrected chi connectivity index (χ0v) is 14.6. The Kier molecular flexibility index (Phi) is 4.84. The number of nitrogens with zero attached hydrogens (tertiary/aromatic N) is 1. The van der Waals surface area contributed by atoms with Gasteiger partial charge in [0.15, 0.2) is 0 Å². The van der Waals surface area contributed by atoms with E-state index in [0.29, 0.717) is 0 Å². The van der Waals surface area contributed by atoms with Crippen LogP contribution in [0.5, 0.6) is 0 Å². The van der Waals surface area contributed by atoms with Gasteiger partial charge in [0.05, 0.1) is 12.2 Å². The topological polar surface area (TPSA) is 69.8 Å². The fourth-order valence-corrected chi connectivity index (χ4v) is 3.03. The minimum Gasteiger partial charge on any atom is -0.348 e. The van der Waals surface area contributed by atoms with Crippen molar-refractivity contribution in [3.63, 3.8) is 0 Å². The highest BCUT2D eigenvalue weighted by Gasteiger charge is 2.21. The van der Waals surface area contributed by atoms with Crippen LogP contribution in [-0.4, -0.2) is 23.0 Å². The SMILES string of the molecule is CNC(=O)Nc1cccc(C(c2cnc[nH]2)c2cccc(C)c2C)c1. The van der Waals surface area contributed by atoms with Crippen molar-refractivity contribution >= 4 is 11.7 Å². The number of aryl methyl sites for hydroxylation is 1. The van der Waals surface area contributed by atoms with Gasteiger partial charge in [0.25, 0.3) is 0 Å². The molecule has 5 heteroatoms. The van der Waals surface area contributed by atoms with Crippen LogP contribution in [0.4, 0.5) is 10.5 Å². The Morgan fingerprint density at radius 2 is 1.96 bits per heavy atom.